The molecule has 2 heterocycles. The first kappa shape index (κ1) is 11.6. The first-order valence-electron chi connectivity index (χ1n) is 4.81. The van der Waals surface area contributed by atoms with Crippen LogP contribution in [0.4, 0.5) is 0 Å². The summed E-state index contributed by atoms with van der Waals surface area (Å²) in [7, 11) is 0. The maximum Gasteiger partial charge on any atom is 0.242 e. The zero-order valence-electron chi connectivity index (χ0n) is 8.28. The van der Waals surface area contributed by atoms with Crippen LogP contribution in [0.1, 0.15) is 0 Å². The number of amides is 1. The van der Waals surface area contributed by atoms with Crippen molar-refractivity contribution < 1.29 is 20.1 Å². The molecule has 0 aromatic rings. The average Bonchev–Trinajstić information content (AvgIpc) is 2.24. The summed E-state index contributed by atoms with van der Waals surface area (Å²) < 4.78 is 0. The molecule has 0 radical (unpaired) electrons. The molecule has 3 unspecified atom stereocenters. The fourth-order valence-corrected chi connectivity index (χ4v) is 3.20. The number of guanidine groups is 1. The van der Waals surface area contributed by atoms with Gasteiger partial charge in [-0.25, -0.2) is 4.99 Å². The highest BCUT2D eigenvalue weighted by atomic mass is 32.2. The van der Waals surface area contributed by atoms with Crippen molar-refractivity contribution in [1.82, 2.24) is 5.32 Å². The van der Waals surface area contributed by atoms with Gasteiger partial charge in [-0.1, -0.05) is 0 Å². The number of carbonyl (C=O) groups excluding carboxylic acids is 1. The Morgan fingerprint density at radius 3 is 2.75 bits per heavy atom. The maximum atomic E-state index is 11.6. The summed E-state index contributed by atoms with van der Waals surface area (Å²) in [5.74, 6) is -0.410. The third-order valence-corrected chi connectivity index (χ3v) is 4.25. The van der Waals surface area contributed by atoms with Crippen LogP contribution >= 0.6 is 11.8 Å². The Kier molecular flexibility index (Phi) is 3.06. The molecule has 8 heteroatoms. The molecule has 2 rings (SSSR count). The number of rotatable bonds is 1. The van der Waals surface area contributed by atoms with Gasteiger partial charge in [-0.05, 0) is 0 Å². The highest BCUT2D eigenvalue weighted by Gasteiger charge is 2.48. The first-order valence-corrected chi connectivity index (χ1v) is 5.75. The lowest BCUT2D eigenvalue weighted by Gasteiger charge is -2.41. The molecule has 7 nitrogen and oxygen atoms in total. The Labute approximate surface area is 95.7 Å². The quantitative estimate of drug-likeness (QED) is 0.336. The molecule has 0 aliphatic carbocycles. The number of carbonyl (C=O) groups is 1. The van der Waals surface area contributed by atoms with Crippen molar-refractivity contribution in [3.05, 3.63) is 0 Å². The molecule has 90 valence electrons. The summed E-state index contributed by atoms with van der Waals surface area (Å²) in [6, 6.07) is -0.753. The highest BCUT2D eigenvalue weighted by molar-refractivity contribution is 8.01. The molecule has 5 atom stereocenters. The Morgan fingerprint density at radius 2 is 2.12 bits per heavy atom. The number of hydrogen-bond acceptors (Lipinski definition) is 7. The minimum absolute atomic E-state index is 0.0550. The summed E-state index contributed by atoms with van der Waals surface area (Å²) in [5.41, 5.74) is 5.37. The number of hydrogen-bond donors (Lipinski definition) is 5. The van der Waals surface area contributed by atoms with Crippen molar-refractivity contribution in [2.75, 3.05) is 6.61 Å². The van der Waals surface area contributed by atoms with Gasteiger partial charge in [0.25, 0.3) is 0 Å². The Balaban J connectivity index is 2.27. The lowest BCUT2D eigenvalue weighted by atomic mass is 9.98. The molecular formula is C8H13N3O4S. The van der Waals surface area contributed by atoms with Gasteiger partial charge in [0.2, 0.25) is 5.91 Å². The normalized spacial score (nSPS) is 43.3. The van der Waals surface area contributed by atoms with E-state index in [1.165, 1.54) is 0 Å². The Hall–Kier alpha value is -0.830. The largest absolute Gasteiger partial charge is 0.395 e. The highest BCUT2D eigenvalue weighted by Crippen LogP contribution is 2.35. The number of thioether (sulfide) groups is 1. The van der Waals surface area contributed by atoms with Crippen LogP contribution in [0.3, 0.4) is 0 Å². The van der Waals surface area contributed by atoms with Crippen LogP contribution in [-0.4, -0.2) is 62.5 Å². The van der Waals surface area contributed by atoms with Crippen molar-refractivity contribution in [3.8, 4) is 0 Å². The third kappa shape index (κ3) is 1.77. The summed E-state index contributed by atoms with van der Waals surface area (Å²) in [4.78, 5) is 15.5. The minimum Gasteiger partial charge on any atom is -0.395 e. The van der Waals surface area contributed by atoms with E-state index in [2.05, 4.69) is 10.3 Å². The number of aliphatic hydroxyl groups excluding tert-OH is 3. The van der Waals surface area contributed by atoms with Crippen LogP contribution in [0.15, 0.2) is 4.99 Å². The van der Waals surface area contributed by atoms with E-state index < -0.39 is 28.7 Å². The van der Waals surface area contributed by atoms with E-state index in [9.17, 15) is 15.0 Å². The topological polar surface area (TPSA) is 128 Å². The molecule has 1 fully saturated rings. The smallest absolute Gasteiger partial charge is 0.242 e. The second-order valence-corrected chi connectivity index (χ2v) is 5.14. The van der Waals surface area contributed by atoms with Gasteiger partial charge in [-0.3, -0.25) is 10.1 Å². The molecule has 2 aliphatic rings. The molecule has 0 saturated carbocycles. The molecule has 0 aromatic carbocycles. The van der Waals surface area contributed by atoms with Crippen LogP contribution < -0.4 is 11.1 Å². The van der Waals surface area contributed by atoms with E-state index in [4.69, 9.17) is 10.8 Å². The minimum atomic E-state index is -1.19. The molecule has 6 N–H and O–H groups in total. The van der Waals surface area contributed by atoms with E-state index in [0.29, 0.717) is 0 Å². The molecule has 0 bridgehead atoms. The SMILES string of the molecule is NC1=NC2C(SC(CO)[C@@H](O)[C@@H]2O)C(=O)N1. The summed E-state index contributed by atoms with van der Waals surface area (Å²) in [6.07, 6.45) is -2.30. The predicted octanol–water partition coefficient (Wildman–Crippen LogP) is -3.00. The number of nitrogens with zero attached hydrogens (tertiary/aromatic N) is 1. The van der Waals surface area contributed by atoms with Crippen molar-refractivity contribution in [2.45, 2.75) is 28.7 Å². The van der Waals surface area contributed by atoms with Gasteiger partial charge in [0.1, 0.15) is 17.4 Å². The lowest BCUT2D eigenvalue weighted by Crippen LogP contribution is -2.61. The monoisotopic (exact) mass is 247 g/mol. The second kappa shape index (κ2) is 4.21. The van der Waals surface area contributed by atoms with Crippen molar-refractivity contribution in [1.29, 1.82) is 0 Å². The fourth-order valence-electron chi connectivity index (χ4n) is 1.85. The van der Waals surface area contributed by atoms with Crippen LogP contribution in [0.2, 0.25) is 0 Å². The van der Waals surface area contributed by atoms with E-state index >= 15 is 0 Å². The van der Waals surface area contributed by atoms with Gasteiger partial charge < -0.3 is 21.1 Å². The van der Waals surface area contributed by atoms with E-state index in [1.54, 1.807) is 0 Å². The van der Waals surface area contributed by atoms with Crippen LogP contribution in [0.25, 0.3) is 0 Å². The Morgan fingerprint density at radius 1 is 1.44 bits per heavy atom. The fraction of sp³-hybridized carbons (Fsp3) is 0.750. The molecule has 0 spiro atoms. The van der Waals surface area contributed by atoms with Crippen molar-refractivity contribution in [3.63, 3.8) is 0 Å². The van der Waals surface area contributed by atoms with E-state index in [0.717, 1.165) is 11.8 Å². The third-order valence-electron chi connectivity index (χ3n) is 2.69. The van der Waals surface area contributed by atoms with Crippen LogP contribution in [0.5, 0.6) is 0 Å². The van der Waals surface area contributed by atoms with Gasteiger partial charge in [-0.15, -0.1) is 11.8 Å². The van der Waals surface area contributed by atoms with Crippen LogP contribution in [0, 0.1) is 0 Å². The lowest BCUT2D eigenvalue weighted by molar-refractivity contribution is -0.121. The summed E-state index contributed by atoms with van der Waals surface area (Å²) >= 11 is 1.10. The zero-order valence-corrected chi connectivity index (χ0v) is 9.09. The number of nitrogens with one attached hydrogen (secondary N) is 1. The summed E-state index contributed by atoms with van der Waals surface area (Å²) in [6.45, 7) is -0.307. The predicted molar refractivity (Wildman–Crippen MR) is 57.8 cm³/mol. The standard InChI is InChI=1S/C8H13N3O4S/c9-8-10-3-5(14)4(13)2(1-12)16-6(3)7(15)11-8/h2-6,12-14H,1H2,(H3,9,10,11,15)/t2?,3?,4-,5-,6?/m1/s1. The maximum absolute atomic E-state index is 11.6. The molecule has 2 aliphatic heterocycles. The first-order chi connectivity index (χ1) is 7.54. The number of aliphatic imine (C=N–C) groups is 1. The van der Waals surface area contributed by atoms with Gasteiger partial charge in [-0.2, -0.15) is 0 Å². The number of aliphatic hydroxyl groups is 3. The molecule has 16 heavy (non-hydrogen) atoms. The zero-order chi connectivity index (χ0) is 11.9. The van der Waals surface area contributed by atoms with Gasteiger partial charge in [0.05, 0.1) is 18.0 Å². The van der Waals surface area contributed by atoms with E-state index in [1.807, 2.05) is 0 Å². The second-order valence-electron chi connectivity index (χ2n) is 3.75. The molecule has 1 saturated heterocycles. The molecule has 1 amide bonds. The van der Waals surface area contributed by atoms with Gasteiger partial charge >= 0.3 is 0 Å². The van der Waals surface area contributed by atoms with Gasteiger partial charge in [0.15, 0.2) is 5.96 Å². The molecular weight excluding hydrogens is 234 g/mol. The number of nitrogens with two attached hydrogens (primary N) is 1. The Bertz CT molecular complexity index is 337. The number of fused-ring (bicyclic) bond motifs is 1. The van der Waals surface area contributed by atoms with Gasteiger partial charge in [0, 0.05) is 0 Å². The summed E-state index contributed by atoms with van der Waals surface area (Å²) in [5, 5.41) is 29.6. The molecule has 0 aromatic heterocycles. The van der Waals surface area contributed by atoms with E-state index in [-0.39, 0.29) is 18.5 Å². The average molecular weight is 247 g/mol. The van der Waals surface area contributed by atoms with Crippen molar-refractivity contribution >= 4 is 23.6 Å². The van der Waals surface area contributed by atoms with Crippen molar-refractivity contribution in [2.24, 2.45) is 10.7 Å². The van der Waals surface area contributed by atoms with Crippen LogP contribution in [-0.2, 0) is 4.79 Å².